The second kappa shape index (κ2) is 5.29. The van der Waals surface area contributed by atoms with Crippen LogP contribution < -0.4 is 5.32 Å². The van der Waals surface area contributed by atoms with Crippen LogP contribution in [-0.4, -0.2) is 21.3 Å². The molecular weight excluding hydrogens is 242 g/mol. The monoisotopic (exact) mass is 257 g/mol. The van der Waals surface area contributed by atoms with Gasteiger partial charge in [-0.3, -0.25) is 4.98 Å². The van der Waals surface area contributed by atoms with E-state index in [1.54, 1.807) is 12.4 Å². The van der Waals surface area contributed by atoms with Gasteiger partial charge in [0.1, 0.15) is 5.82 Å². The highest BCUT2D eigenvalue weighted by atomic mass is 79.9. The van der Waals surface area contributed by atoms with Crippen molar-refractivity contribution in [3.05, 3.63) is 18.1 Å². The molecule has 4 heteroatoms. The number of aryl methyl sites for hydroxylation is 1. The number of anilines is 1. The van der Waals surface area contributed by atoms with E-state index >= 15 is 0 Å². The van der Waals surface area contributed by atoms with Crippen molar-refractivity contribution in [2.45, 2.75) is 26.8 Å². The van der Waals surface area contributed by atoms with E-state index in [-0.39, 0.29) is 0 Å². The molecule has 0 aliphatic carbocycles. The van der Waals surface area contributed by atoms with Gasteiger partial charge in [-0.2, -0.15) is 0 Å². The lowest BCUT2D eigenvalue weighted by atomic mass is 10.1. The first kappa shape index (κ1) is 11.4. The van der Waals surface area contributed by atoms with E-state index in [0.717, 1.165) is 16.8 Å². The van der Waals surface area contributed by atoms with Crippen LogP contribution in [0.2, 0.25) is 0 Å². The van der Waals surface area contributed by atoms with Gasteiger partial charge in [-0.1, -0.05) is 22.9 Å². The van der Waals surface area contributed by atoms with Gasteiger partial charge < -0.3 is 5.32 Å². The molecule has 0 fully saturated rings. The third-order valence-corrected chi connectivity index (χ3v) is 3.36. The largest absolute Gasteiger partial charge is 0.366 e. The maximum atomic E-state index is 4.25. The lowest BCUT2D eigenvalue weighted by molar-refractivity contribution is 0.570. The smallest absolute Gasteiger partial charge is 0.147 e. The maximum Gasteiger partial charge on any atom is 0.147 e. The van der Waals surface area contributed by atoms with Gasteiger partial charge in [0.25, 0.3) is 0 Å². The third-order valence-electron chi connectivity index (χ3n) is 2.34. The minimum Gasteiger partial charge on any atom is -0.366 e. The molecule has 0 aromatic carbocycles. The first-order valence-corrected chi connectivity index (χ1v) is 5.87. The van der Waals surface area contributed by atoms with Gasteiger partial charge in [-0.25, -0.2) is 4.98 Å². The van der Waals surface area contributed by atoms with Gasteiger partial charge in [0, 0.05) is 23.8 Å². The van der Waals surface area contributed by atoms with Crippen molar-refractivity contribution in [2.24, 2.45) is 5.92 Å². The second-order valence-electron chi connectivity index (χ2n) is 3.55. The SMILES string of the molecule is Cc1nccnc1NC(C)C(C)CBr. The lowest BCUT2D eigenvalue weighted by Gasteiger charge is -2.20. The van der Waals surface area contributed by atoms with Crippen LogP contribution in [0.4, 0.5) is 5.82 Å². The summed E-state index contributed by atoms with van der Waals surface area (Å²) in [5, 5.41) is 4.34. The van der Waals surface area contributed by atoms with Gasteiger partial charge in [0.15, 0.2) is 0 Å². The van der Waals surface area contributed by atoms with E-state index < -0.39 is 0 Å². The maximum absolute atomic E-state index is 4.25. The van der Waals surface area contributed by atoms with Crippen LogP contribution in [0.25, 0.3) is 0 Å². The number of alkyl halides is 1. The van der Waals surface area contributed by atoms with E-state index in [1.165, 1.54) is 0 Å². The average molecular weight is 258 g/mol. The molecule has 2 unspecified atom stereocenters. The van der Waals surface area contributed by atoms with Crippen molar-refractivity contribution in [1.82, 2.24) is 9.97 Å². The summed E-state index contributed by atoms with van der Waals surface area (Å²) in [5.74, 6) is 1.45. The Labute approximate surface area is 93.5 Å². The van der Waals surface area contributed by atoms with Crippen molar-refractivity contribution in [3.8, 4) is 0 Å². The summed E-state index contributed by atoms with van der Waals surface area (Å²) in [5.41, 5.74) is 0.945. The Morgan fingerprint density at radius 1 is 1.36 bits per heavy atom. The molecule has 1 aromatic heterocycles. The molecule has 0 aliphatic heterocycles. The van der Waals surface area contributed by atoms with Gasteiger partial charge >= 0.3 is 0 Å². The van der Waals surface area contributed by atoms with E-state index in [0.29, 0.717) is 12.0 Å². The summed E-state index contributed by atoms with van der Waals surface area (Å²) in [6.45, 7) is 6.30. The highest BCUT2D eigenvalue weighted by Gasteiger charge is 2.11. The van der Waals surface area contributed by atoms with Gasteiger partial charge in [0.05, 0.1) is 5.69 Å². The van der Waals surface area contributed by atoms with E-state index in [9.17, 15) is 0 Å². The zero-order chi connectivity index (χ0) is 10.6. The summed E-state index contributed by atoms with van der Waals surface area (Å²) in [7, 11) is 0. The molecule has 1 N–H and O–H groups in total. The third kappa shape index (κ3) is 2.94. The Bertz CT molecular complexity index is 290. The molecule has 1 rings (SSSR count). The van der Waals surface area contributed by atoms with Gasteiger partial charge in [-0.15, -0.1) is 0 Å². The van der Waals surface area contributed by atoms with Crippen LogP contribution in [0, 0.1) is 12.8 Å². The molecule has 0 saturated heterocycles. The number of hydrogen-bond donors (Lipinski definition) is 1. The zero-order valence-corrected chi connectivity index (χ0v) is 10.4. The second-order valence-corrected chi connectivity index (χ2v) is 4.20. The Morgan fingerprint density at radius 2 is 2.00 bits per heavy atom. The highest BCUT2D eigenvalue weighted by Crippen LogP contribution is 2.13. The van der Waals surface area contributed by atoms with Crippen molar-refractivity contribution < 1.29 is 0 Å². The number of halogens is 1. The topological polar surface area (TPSA) is 37.8 Å². The van der Waals surface area contributed by atoms with E-state index in [2.05, 4.69) is 45.1 Å². The fourth-order valence-electron chi connectivity index (χ4n) is 1.04. The minimum absolute atomic E-state index is 0.393. The van der Waals surface area contributed by atoms with E-state index in [4.69, 9.17) is 0 Å². The van der Waals surface area contributed by atoms with Crippen molar-refractivity contribution in [1.29, 1.82) is 0 Å². The molecule has 0 saturated carbocycles. The molecular formula is C10H16BrN3. The van der Waals surface area contributed by atoms with Crippen molar-refractivity contribution in [3.63, 3.8) is 0 Å². The fourth-order valence-corrected chi connectivity index (χ4v) is 1.60. The predicted octanol–water partition coefficient (Wildman–Crippen LogP) is 2.62. The molecule has 3 nitrogen and oxygen atoms in total. The Balaban J connectivity index is 2.64. The molecule has 0 aliphatic rings. The quantitative estimate of drug-likeness (QED) is 0.843. The molecule has 1 aromatic rings. The predicted molar refractivity (Wildman–Crippen MR) is 62.8 cm³/mol. The van der Waals surface area contributed by atoms with Crippen LogP contribution >= 0.6 is 15.9 Å². The number of hydrogen-bond acceptors (Lipinski definition) is 3. The highest BCUT2D eigenvalue weighted by molar-refractivity contribution is 9.09. The van der Waals surface area contributed by atoms with Crippen LogP contribution in [0.3, 0.4) is 0 Å². The number of nitrogens with zero attached hydrogens (tertiary/aromatic N) is 2. The number of nitrogens with one attached hydrogen (secondary N) is 1. The van der Waals surface area contributed by atoms with Crippen LogP contribution in [-0.2, 0) is 0 Å². The van der Waals surface area contributed by atoms with Gasteiger partial charge in [0.2, 0.25) is 0 Å². The average Bonchev–Trinajstić information content (AvgIpc) is 2.20. The van der Waals surface area contributed by atoms with Crippen molar-refractivity contribution >= 4 is 21.7 Å². The van der Waals surface area contributed by atoms with Crippen LogP contribution in [0.1, 0.15) is 19.5 Å². The number of aromatic nitrogens is 2. The van der Waals surface area contributed by atoms with Crippen molar-refractivity contribution in [2.75, 3.05) is 10.6 Å². The molecule has 0 spiro atoms. The summed E-state index contributed by atoms with van der Waals surface area (Å²) in [6, 6.07) is 0.393. The fraction of sp³-hybridized carbons (Fsp3) is 0.600. The molecule has 0 amide bonds. The van der Waals surface area contributed by atoms with Crippen LogP contribution in [0.15, 0.2) is 12.4 Å². The summed E-state index contributed by atoms with van der Waals surface area (Å²) in [4.78, 5) is 8.43. The molecule has 78 valence electrons. The molecule has 1 heterocycles. The molecule has 14 heavy (non-hydrogen) atoms. The lowest BCUT2D eigenvalue weighted by Crippen LogP contribution is -2.25. The summed E-state index contributed by atoms with van der Waals surface area (Å²) in [6.07, 6.45) is 3.42. The molecule has 2 atom stereocenters. The Kier molecular flexibility index (Phi) is 4.32. The normalized spacial score (nSPS) is 14.9. The molecule has 0 radical (unpaired) electrons. The van der Waals surface area contributed by atoms with Crippen LogP contribution in [0.5, 0.6) is 0 Å². The van der Waals surface area contributed by atoms with Gasteiger partial charge in [-0.05, 0) is 19.8 Å². The zero-order valence-electron chi connectivity index (χ0n) is 8.79. The summed E-state index contributed by atoms with van der Waals surface area (Å²) < 4.78 is 0. The standard InChI is InChI=1S/C10H16BrN3/c1-7(6-11)8(2)14-10-9(3)12-4-5-13-10/h4-5,7-8H,6H2,1-3H3,(H,13,14). The first-order chi connectivity index (χ1) is 6.65. The number of rotatable bonds is 4. The first-order valence-electron chi connectivity index (χ1n) is 4.75. The minimum atomic E-state index is 0.393. The van der Waals surface area contributed by atoms with E-state index in [1.807, 2.05) is 6.92 Å². The Hall–Kier alpha value is -0.640. The Morgan fingerprint density at radius 3 is 2.57 bits per heavy atom. The summed E-state index contributed by atoms with van der Waals surface area (Å²) >= 11 is 3.47. The molecule has 0 bridgehead atoms.